The van der Waals surface area contributed by atoms with Gasteiger partial charge in [-0.15, -0.1) is 0 Å². The quantitative estimate of drug-likeness (QED) is 0.280. The van der Waals surface area contributed by atoms with E-state index in [0.29, 0.717) is 42.3 Å². The maximum atomic E-state index is 14.1. The zero-order chi connectivity index (χ0) is 28.2. The Kier molecular flexibility index (Phi) is 7.91. The molecule has 40 heavy (non-hydrogen) atoms. The highest BCUT2D eigenvalue weighted by atomic mass is 19.1. The lowest BCUT2D eigenvalue weighted by molar-refractivity contribution is -0.137. The first kappa shape index (κ1) is 27.1. The van der Waals surface area contributed by atoms with Gasteiger partial charge in [0.2, 0.25) is 11.8 Å². The number of nitrogens with one attached hydrogen (secondary N) is 2. The molecule has 9 heteroatoms. The molecule has 0 aliphatic heterocycles. The number of carboxylic acids is 1. The Morgan fingerprint density at radius 1 is 0.975 bits per heavy atom. The predicted octanol–water partition coefficient (Wildman–Crippen LogP) is 4.87. The van der Waals surface area contributed by atoms with Crippen molar-refractivity contribution in [1.82, 2.24) is 9.88 Å². The van der Waals surface area contributed by atoms with Crippen LogP contribution < -0.4 is 10.6 Å². The Morgan fingerprint density at radius 2 is 1.70 bits per heavy atom. The summed E-state index contributed by atoms with van der Waals surface area (Å²) in [6.45, 7) is -0.225. The van der Waals surface area contributed by atoms with Crippen LogP contribution in [0, 0.1) is 17.6 Å². The number of fused-ring (bicyclic) bond motifs is 3. The van der Waals surface area contributed by atoms with Crippen molar-refractivity contribution in [3.63, 3.8) is 0 Å². The molecule has 1 heterocycles. The number of benzene rings is 3. The van der Waals surface area contributed by atoms with Crippen LogP contribution in [0.1, 0.15) is 29.7 Å². The Morgan fingerprint density at radius 3 is 2.42 bits per heavy atom. The number of halogens is 2. The van der Waals surface area contributed by atoms with E-state index in [4.69, 9.17) is 0 Å². The van der Waals surface area contributed by atoms with Crippen LogP contribution in [0.4, 0.5) is 14.5 Å². The molecule has 3 N–H and O–H groups in total. The molecule has 0 bridgehead atoms. The summed E-state index contributed by atoms with van der Waals surface area (Å²) >= 11 is 0. The third kappa shape index (κ3) is 6.20. The molecular weight excluding hydrogens is 516 g/mol. The van der Waals surface area contributed by atoms with Crippen LogP contribution in [0.15, 0.2) is 72.8 Å². The van der Waals surface area contributed by atoms with Gasteiger partial charge in [0.1, 0.15) is 18.2 Å². The minimum atomic E-state index is -0.984. The first-order valence-corrected chi connectivity index (χ1v) is 13.2. The summed E-state index contributed by atoms with van der Waals surface area (Å²) in [5.41, 5.74) is 3.68. The van der Waals surface area contributed by atoms with E-state index in [2.05, 4.69) is 10.6 Å². The van der Waals surface area contributed by atoms with Crippen molar-refractivity contribution in [2.45, 2.75) is 44.7 Å². The molecule has 0 radical (unpaired) electrons. The number of aliphatic carboxylic acids is 1. The summed E-state index contributed by atoms with van der Waals surface area (Å²) in [6, 6.07) is 18.9. The Bertz CT molecular complexity index is 1550. The van der Waals surface area contributed by atoms with Crippen LogP contribution in [0.2, 0.25) is 0 Å². The fourth-order valence-electron chi connectivity index (χ4n) is 5.51. The van der Waals surface area contributed by atoms with E-state index in [9.17, 15) is 28.3 Å². The maximum Gasteiger partial charge on any atom is 0.323 e. The summed E-state index contributed by atoms with van der Waals surface area (Å²) in [5, 5.41) is 15.9. The normalized spacial score (nSPS) is 15.3. The fraction of sp³-hybridized carbons (Fsp3) is 0.258. The average molecular weight is 546 g/mol. The molecule has 206 valence electrons. The Labute approximate surface area is 229 Å². The molecule has 0 unspecified atom stereocenters. The first-order chi connectivity index (χ1) is 19.3. The summed E-state index contributed by atoms with van der Waals surface area (Å²) in [5.74, 6) is -3.10. The van der Waals surface area contributed by atoms with Crippen molar-refractivity contribution >= 4 is 34.4 Å². The van der Waals surface area contributed by atoms with Gasteiger partial charge in [0.25, 0.3) is 0 Å². The van der Waals surface area contributed by atoms with Crippen LogP contribution >= 0.6 is 0 Å². The van der Waals surface area contributed by atoms with E-state index in [1.54, 1.807) is 10.6 Å². The smallest absolute Gasteiger partial charge is 0.323 e. The van der Waals surface area contributed by atoms with E-state index in [1.165, 1.54) is 36.4 Å². The van der Waals surface area contributed by atoms with Crippen LogP contribution in [0.5, 0.6) is 0 Å². The van der Waals surface area contributed by atoms with Gasteiger partial charge < -0.3 is 20.3 Å². The largest absolute Gasteiger partial charge is 0.480 e. The second-order valence-corrected chi connectivity index (χ2v) is 10.2. The molecule has 1 aliphatic rings. The van der Waals surface area contributed by atoms with E-state index in [-0.39, 0.29) is 30.8 Å². The molecule has 0 saturated carbocycles. The third-order valence-electron chi connectivity index (χ3n) is 7.32. The second-order valence-electron chi connectivity index (χ2n) is 10.2. The summed E-state index contributed by atoms with van der Waals surface area (Å²) in [6.07, 6.45) is 1.81. The SMILES string of the molecule is O=C(O)Cn1c2c(c3cc(F)ccc31)C[C@@H](NC(=O)[C@H](CC(=O)Nc1ccc(F)cc1)Cc1ccccc1)CC2. The zero-order valence-corrected chi connectivity index (χ0v) is 21.7. The van der Waals surface area contributed by atoms with Crippen molar-refractivity contribution in [2.75, 3.05) is 5.32 Å². The van der Waals surface area contributed by atoms with Crippen LogP contribution in [-0.2, 0) is 40.2 Å². The molecule has 1 aromatic heterocycles. The molecule has 0 fully saturated rings. The lowest BCUT2D eigenvalue weighted by Crippen LogP contribution is -2.43. The van der Waals surface area contributed by atoms with E-state index >= 15 is 0 Å². The fourth-order valence-corrected chi connectivity index (χ4v) is 5.51. The molecule has 7 nitrogen and oxygen atoms in total. The minimum absolute atomic E-state index is 0.0702. The number of nitrogens with zero attached hydrogens (tertiary/aromatic N) is 1. The van der Waals surface area contributed by atoms with E-state index in [1.807, 2.05) is 30.3 Å². The van der Waals surface area contributed by atoms with Crippen LogP contribution in [-0.4, -0.2) is 33.5 Å². The lowest BCUT2D eigenvalue weighted by atomic mass is 9.89. The van der Waals surface area contributed by atoms with Crippen molar-refractivity contribution in [2.24, 2.45) is 5.92 Å². The van der Waals surface area contributed by atoms with Crippen molar-refractivity contribution in [3.05, 3.63) is 101 Å². The predicted molar refractivity (Wildman–Crippen MR) is 147 cm³/mol. The molecule has 5 rings (SSSR count). The van der Waals surface area contributed by atoms with Gasteiger partial charge in [0.05, 0.1) is 5.92 Å². The lowest BCUT2D eigenvalue weighted by Gasteiger charge is -2.27. The number of carbonyl (C=O) groups excluding carboxylic acids is 2. The van der Waals surface area contributed by atoms with E-state index < -0.39 is 23.5 Å². The zero-order valence-electron chi connectivity index (χ0n) is 21.7. The molecule has 2 amide bonds. The Balaban J connectivity index is 1.34. The molecule has 2 atom stereocenters. The van der Waals surface area contributed by atoms with Gasteiger partial charge in [-0.25, -0.2) is 8.78 Å². The van der Waals surface area contributed by atoms with Gasteiger partial charge in [0, 0.05) is 34.7 Å². The highest BCUT2D eigenvalue weighted by Gasteiger charge is 2.30. The summed E-state index contributed by atoms with van der Waals surface area (Å²) in [7, 11) is 0. The molecule has 4 aromatic rings. The number of carbonyl (C=O) groups is 3. The van der Waals surface area contributed by atoms with Gasteiger partial charge in [0.15, 0.2) is 0 Å². The molecule has 0 spiro atoms. The van der Waals surface area contributed by atoms with Crippen LogP contribution in [0.25, 0.3) is 10.9 Å². The highest BCUT2D eigenvalue weighted by Crippen LogP contribution is 2.33. The number of rotatable bonds is 9. The van der Waals surface area contributed by atoms with Gasteiger partial charge in [-0.2, -0.15) is 0 Å². The van der Waals surface area contributed by atoms with Crippen molar-refractivity contribution < 1.29 is 28.3 Å². The van der Waals surface area contributed by atoms with Crippen molar-refractivity contribution in [1.29, 1.82) is 0 Å². The topological polar surface area (TPSA) is 100 Å². The number of hydrogen-bond donors (Lipinski definition) is 3. The summed E-state index contributed by atoms with van der Waals surface area (Å²) in [4.78, 5) is 37.9. The minimum Gasteiger partial charge on any atom is -0.480 e. The maximum absolute atomic E-state index is 14.1. The van der Waals surface area contributed by atoms with E-state index in [0.717, 1.165) is 16.8 Å². The number of hydrogen-bond acceptors (Lipinski definition) is 3. The van der Waals surface area contributed by atoms with Crippen molar-refractivity contribution in [3.8, 4) is 0 Å². The number of aromatic nitrogens is 1. The van der Waals surface area contributed by atoms with Gasteiger partial charge in [-0.05, 0) is 79.3 Å². The van der Waals surface area contributed by atoms with Gasteiger partial charge in [-0.3, -0.25) is 14.4 Å². The molecular formula is C31H29F2N3O4. The Hall–Kier alpha value is -4.53. The standard InChI is InChI=1S/C31H29F2N3O4/c32-21-6-9-23(10-7-21)34-29(37)15-20(14-19-4-2-1-3-5-19)31(40)35-24-11-13-28-26(17-24)25-16-22(33)8-12-27(25)36(28)18-30(38)39/h1-10,12,16,20,24H,11,13-15,17-18H2,(H,34,37)(H,35,40)(H,38,39)/t20-,24-/m0/s1. The summed E-state index contributed by atoms with van der Waals surface area (Å²) < 4.78 is 29.1. The third-order valence-corrected chi connectivity index (χ3v) is 7.32. The first-order valence-electron chi connectivity index (χ1n) is 13.2. The molecule has 0 saturated heterocycles. The monoisotopic (exact) mass is 545 g/mol. The van der Waals surface area contributed by atoms with Gasteiger partial charge in [-0.1, -0.05) is 30.3 Å². The second kappa shape index (κ2) is 11.7. The number of anilines is 1. The highest BCUT2D eigenvalue weighted by molar-refractivity contribution is 5.94. The number of carboxylic acid groups (broad SMARTS) is 1. The molecule has 3 aromatic carbocycles. The average Bonchev–Trinajstić information content (AvgIpc) is 3.21. The number of amides is 2. The van der Waals surface area contributed by atoms with Gasteiger partial charge >= 0.3 is 5.97 Å². The molecule has 1 aliphatic carbocycles. The van der Waals surface area contributed by atoms with Crippen LogP contribution in [0.3, 0.4) is 0 Å².